The number of fused-ring (bicyclic) bond motifs is 7. The standard InChI is InChI=1S/C36H57NO4/c1-23(2)25-13-16-36(22-40-29-10-8-9-19-39-29)18-17-34(6)26(30(25)36)11-12-28-33(5)20-24-21-37(38)41-31(24)32(3,4)27(33)14-15-35(28,34)7/h25-30,38H,1,8-22H2,2-7H3/t25-,26+,27-,28+,29?,30+,33-,34+,35+,36+/m0/s1. The highest BCUT2D eigenvalue weighted by molar-refractivity contribution is 5.31. The number of hydroxylamine groups is 2. The van der Waals surface area contributed by atoms with Crippen molar-refractivity contribution in [2.24, 2.45) is 56.7 Å². The number of nitrogens with zero attached hydrogens (tertiary/aromatic N) is 1. The third kappa shape index (κ3) is 3.93. The Bertz CT molecular complexity index is 1110. The molecule has 1 N–H and O–H groups in total. The summed E-state index contributed by atoms with van der Waals surface area (Å²) in [5.41, 5.74) is 3.85. The summed E-state index contributed by atoms with van der Waals surface area (Å²) < 4.78 is 12.7. The minimum absolute atomic E-state index is 0.00251. The summed E-state index contributed by atoms with van der Waals surface area (Å²) in [6.45, 7) is 22.0. The second kappa shape index (κ2) is 9.56. The lowest BCUT2D eigenvalue weighted by Crippen LogP contribution is -2.66. The lowest BCUT2D eigenvalue weighted by Gasteiger charge is -2.72. The van der Waals surface area contributed by atoms with Crippen LogP contribution in [0.3, 0.4) is 0 Å². The van der Waals surface area contributed by atoms with Gasteiger partial charge in [0.25, 0.3) is 0 Å². The Labute approximate surface area is 249 Å². The average molecular weight is 568 g/mol. The fourth-order valence-electron chi connectivity index (χ4n) is 13.2. The van der Waals surface area contributed by atoms with E-state index in [1.54, 1.807) is 0 Å². The molecule has 0 aromatic carbocycles. The smallest absolute Gasteiger partial charge is 0.157 e. The predicted octanol–water partition coefficient (Wildman–Crippen LogP) is 8.69. The van der Waals surface area contributed by atoms with E-state index in [0.717, 1.165) is 43.0 Å². The summed E-state index contributed by atoms with van der Waals surface area (Å²) in [6.07, 6.45) is 14.9. The van der Waals surface area contributed by atoms with Crippen LogP contribution in [0.2, 0.25) is 0 Å². The molecular formula is C36H57NO4. The first-order chi connectivity index (χ1) is 19.4. The fraction of sp³-hybridized carbons (Fsp3) is 0.889. The molecule has 0 aromatic heterocycles. The van der Waals surface area contributed by atoms with Gasteiger partial charge in [-0.15, -0.1) is 0 Å². The molecule has 5 nitrogen and oxygen atoms in total. The lowest BCUT2D eigenvalue weighted by atomic mass is 9.32. The van der Waals surface area contributed by atoms with Crippen LogP contribution >= 0.6 is 0 Å². The Hall–Kier alpha value is -0.880. The molecule has 0 radical (unpaired) electrons. The highest BCUT2D eigenvalue weighted by Gasteiger charge is 2.71. The van der Waals surface area contributed by atoms with Crippen LogP contribution in [0.1, 0.15) is 119 Å². The largest absolute Gasteiger partial charge is 0.384 e. The summed E-state index contributed by atoms with van der Waals surface area (Å²) in [5.74, 6) is 4.36. The predicted molar refractivity (Wildman–Crippen MR) is 160 cm³/mol. The van der Waals surface area contributed by atoms with Crippen molar-refractivity contribution in [2.75, 3.05) is 19.8 Å². The highest BCUT2D eigenvalue weighted by atomic mass is 16.9. The van der Waals surface area contributed by atoms with Crippen LogP contribution in [0.5, 0.6) is 0 Å². The van der Waals surface area contributed by atoms with Gasteiger partial charge in [0, 0.05) is 12.0 Å². The van der Waals surface area contributed by atoms with E-state index in [2.05, 4.69) is 48.1 Å². The Morgan fingerprint density at radius 2 is 1.76 bits per heavy atom. The average Bonchev–Trinajstić information content (AvgIpc) is 3.49. The molecule has 10 atom stereocenters. The van der Waals surface area contributed by atoms with Gasteiger partial charge >= 0.3 is 0 Å². The zero-order valence-corrected chi connectivity index (χ0v) is 26.9. The second-order valence-electron chi connectivity index (χ2n) is 17.1. The summed E-state index contributed by atoms with van der Waals surface area (Å²) >= 11 is 0. The SMILES string of the molecule is C=C(C)[C@@H]1CC[C@]2(COC3CCCCO3)CC[C@]3(C)[C@H](CC[C@@H]4[C@@]5(C)CC6=C(ON(O)C6)C(C)(C)[C@@H]5CC[C@]43C)[C@@H]12. The van der Waals surface area contributed by atoms with Gasteiger partial charge in [0.15, 0.2) is 6.29 Å². The Balaban J connectivity index is 1.21. The van der Waals surface area contributed by atoms with Gasteiger partial charge in [0.05, 0.1) is 13.2 Å². The molecule has 5 heteroatoms. The quantitative estimate of drug-likeness (QED) is 0.344. The Morgan fingerprint density at radius 1 is 0.951 bits per heavy atom. The van der Waals surface area contributed by atoms with E-state index in [4.69, 9.17) is 14.3 Å². The van der Waals surface area contributed by atoms with Crippen molar-refractivity contribution in [1.82, 2.24) is 5.23 Å². The first-order valence-electron chi connectivity index (χ1n) is 17.1. The van der Waals surface area contributed by atoms with Crippen molar-refractivity contribution in [3.05, 3.63) is 23.5 Å². The summed E-state index contributed by atoms with van der Waals surface area (Å²) in [7, 11) is 0. The van der Waals surface area contributed by atoms with Gasteiger partial charge < -0.3 is 14.3 Å². The molecule has 2 heterocycles. The van der Waals surface area contributed by atoms with Crippen LogP contribution in [-0.4, -0.2) is 36.5 Å². The number of rotatable bonds is 4. The molecule has 7 aliphatic rings. The van der Waals surface area contributed by atoms with E-state index in [0.29, 0.717) is 41.0 Å². The number of ether oxygens (including phenoxy) is 2. The molecule has 5 aliphatic carbocycles. The van der Waals surface area contributed by atoms with Crippen LogP contribution in [0, 0.1) is 56.7 Å². The van der Waals surface area contributed by atoms with Gasteiger partial charge in [-0.2, -0.15) is 0 Å². The van der Waals surface area contributed by atoms with E-state index in [9.17, 15) is 5.21 Å². The zero-order chi connectivity index (χ0) is 29.0. The molecular weight excluding hydrogens is 510 g/mol. The van der Waals surface area contributed by atoms with Gasteiger partial charge in [-0.25, -0.2) is 0 Å². The first kappa shape index (κ1) is 28.9. The molecule has 1 unspecified atom stereocenters. The maximum atomic E-state index is 10.3. The van der Waals surface area contributed by atoms with E-state index in [-0.39, 0.29) is 22.5 Å². The van der Waals surface area contributed by atoms with Gasteiger partial charge in [0.1, 0.15) is 5.76 Å². The normalized spacial score (nSPS) is 50.7. The monoisotopic (exact) mass is 567 g/mol. The number of hydrogen-bond donors (Lipinski definition) is 1. The summed E-state index contributed by atoms with van der Waals surface area (Å²) in [6, 6.07) is 0. The molecule has 2 aliphatic heterocycles. The molecule has 5 fully saturated rings. The summed E-state index contributed by atoms with van der Waals surface area (Å²) in [5, 5.41) is 11.4. The molecule has 41 heavy (non-hydrogen) atoms. The molecule has 0 bridgehead atoms. The van der Waals surface area contributed by atoms with E-state index < -0.39 is 0 Å². The van der Waals surface area contributed by atoms with Crippen LogP contribution < -0.4 is 0 Å². The zero-order valence-electron chi connectivity index (χ0n) is 26.9. The van der Waals surface area contributed by atoms with E-state index in [1.807, 2.05) is 0 Å². The molecule has 7 rings (SSSR count). The fourth-order valence-corrected chi connectivity index (χ4v) is 13.2. The molecule has 4 saturated carbocycles. The number of hydrogen-bond acceptors (Lipinski definition) is 5. The molecule has 1 saturated heterocycles. The molecule has 0 spiro atoms. The van der Waals surface area contributed by atoms with Gasteiger partial charge in [0.2, 0.25) is 0 Å². The summed E-state index contributed by atoms with van der Waals surface area (Å²) in [4.78, 5) is 5.94. The third-order valence-corrected chi connectivity index (χ3v) is 15.1. The van der Waals surface area contributed by atoms with Crippen molar-refractivity contribution < 1.29 is 19.5 Å². The van der Waals surface area contributed by atoms with Crippen LogP contribution in [0.25, 0.3) is 0 Å². The van der Waals surface area contributed by atoms with Gasteiger partial charge in [-0.05, 0) is 146 Å². The topological polar surface area (TPSA) is 51.2 Å². The lowest BCUT2D eigenvalue weighted by molar-refractivity contribution is -0.308. The van der Waals surface area contributed by atoms with Gasteiger partial charge in [-0.3, -0.25) is 5.21 Å². The highest BCUT2D eigenvalue weighted by Crippen LogP contribution is 2.78. The maximum Gasteiger partial charge on any atom is 0.157 e. The van der Waals surface area contributed by atoms with Crippen molar-refractivity contribution in [3.8, 4) is 0 Å². The molecule has 0 aromatic rings. The van der Waals surface area contributed by atoms with Crippen molar-refractivity contribution in [1.29, 1.82) is 0 Å². The first-order valence-corrected chi connectivity index (χ1v) is 17.1. The van der Waals surface area contributed by atoms with Crippen LogP contribution in [-0.2, 0) is 14.3 Å². The third-order valence-electron chi connectivity index (χ3n) is 15.1. The Morgan fingerprint density at radius 3 is 2.49 bits per heavy atom. The molecule has 0 amide bonds. The van der Waals surface area contributed by atoms with E-state index in [1.165, 1.54) is 75.4 Å². The number of allylic oxidation sites excluding steroid dienone is 2. The minimum Gasteiger partial charge on any atom is -0.384 e. The Kier molecular flexibility index (Phi) is 6.73. The van der Waals surface area contributed by atoms with Crippen molar-refractivity contribution in [3.63, 3.8) is 0 Å². The second-order valence-corrected chi connectivity index (χ2v) is 17.1. The van der Waals surface area contributed by atoms with Crippen LogP contribution in [0.4, 0.5) is 0 Å². The van der Waals surface area contributed by atoms with Crippen LogP contribution in [0.15, 0.2) is 23.5 Å². The van der Waals surface area contributed by atoms with Crippen molar-refractivity contribution >= 4 is 0 Å². The van der Waals surface area contributed by atoms with E-state index >= 15 is 0 Å². The maximum absolute atomic E-state index is 10.3. The van der Waals surface area contributed by atoms with Crippen molar-refractivity contribution in [2.45, 2.75) is 125 Å². The minimum atomic E-state index is -0.0460. The van der Waals surface area contributed by atoms with Gasteiger partial charge in [-0.1, -0.05) is 46.8 Å². The molecule has 230 valence electrons.